The van der Waals surface area contributed by atoms with E-state index in [-0.39, 0.29) is 0 Å². The molecule has 0 bridgehead atoms. The van der Waals surface area contributed by atoms with Crippen LogP contribution in [0.15, 0.2) is 22.3 Å². The maximum atomic E-state index is 3.44. The molecule has 10 heavy (non-hydrogen) atoms. The minimum absolute atomic E-state index is 1.04. The summed E-state index contributed by atoms with van der Waals surface area (Å²) in [5.41, 5.74) is 1.34. The predicted octanol–water partition coefficient (Wildman–Crippen LogP) is 2.50. The van der Waals surface area contributed by atoms with Gasteiger partial charge >= 0.3 is 0 Å². The van der Waals surface area contributed by atoms with Gasteiger partial charge in [0.1, 0.15) is 0 Å². The highest BCUT2D eigenvalue weighted by molar-refractivity contribution is 9.11. The minimum atomic E-state index is 1.04. The molecule has 0 radical (unpaired) electrons. The topological polar surface area (TPSA) is 3.24 Å². The SMILES string of the molecule is CCN1CC=C(Br)C=C1C. The summed E-state index contributed by atoms with van der Waals surface area (Å²) in [4.78, 5) is 2.32. The smallest absolute Gasteiger partial charge is 0.0370 e. The van der Waals surface area contributed by atoms with Crippen LogP contribution in [0.25, 0.3) is 0 Å². The Kier molecular flexibility index (Phi) is 2.55. The zero-order valence-electron chi connectivity index (χ0n) is 6.39. The van der Waals surface area contributed by atoms with Crippen LogP contribution >= 0.6 is 15.9 Å². The molecular weight excluding hydrogens is 190 g/mol. The van der Waals surface area contributed by atoms with E-state index in [1.165, 1.54) is 10.2 Å². The first-order valence-electron chi connectivity index (χ1n) is 3.53. The molecule has 0 aliphatic carbocycles. The molecule has 0 aromatic heterocycles. The monoisotopic (exact) mass is 201 g/mol. The zero-order chi connectivity index (χ0) is 7.56. The van der Waals surface area contributed by atoms with Gasteiger partial charge in [-0.25, -0.2) is 0 Å². The number of hydrogen-bond acceptors (Lipinski definition) is 1. The summed E-state index contributed by atoms with van der Waals surface area (Å²) in [5.74, 6) is 0. The maximum Gasteiger partial charge on any atom is 0.0370 e. The van der Waals surface area contributed by atoms with Gasteiger partial charge in [0.25, 0.3) is 0 Å². The fourth-order valence-corrected chi connectivity index (χ4v) is 1.55. The quantitative estimate of drug-likeness (QED) is 0.631. The zero-order valence-corrected chi connectivity index (χ0v) is 7.98. The Balaban J connectivity index is 2.68. The molecule has 0 spiro atoms. The van der Waals surface area contributed by atoms with E-state index in [2.05, 4.69) is 46.8 Å². The summed E-state index contributed by atoms with van der Waals surface area (Å²) in [6.07, 6.45) is 4.32. The first-order valence-corrected chi connectivity index (χ1v) is 4.32. The van der Waals surface area contributed by atoms with E-state index in [4.69, 9.17) is 0 Å². The van der Waals surface area contributed by atoms with E-state index in [1.54, 1.807) is 0 Å². The molecule has 1 rings (SSSR count). The molecule has 0 N–H and O–H groups in total. The number of likely N-dealkylation sites (N-methyl/N-ethyl adjacent to an activating group) is 1. The van der Waals surface area contributed by atoms with Crippen molar-refractivity contribution in [3.8, 4) is 0 Å². The van der Waals surface area contributed by atoms with Crippen LogP contribution in [-0.2, 0) is 0 Å². The van der Waals surface area contributed by atoms with Gasteiger partial charge in [0.2, 0.25) is 0 Å². The van der Waals surface area contributed by atoms with Gasteiger partial charge in [0.15, 0.2) is 0 Å². The van der Waals surface area contributed by atoms with Crippen molar-refractivity contribution >= 4 is 15.9 Å². The van der Waals surface area contributed by atoms with Crippen molar-refractivity contribution in [3.05, 3.63) is 22.3 Å². The molecule has 56 valence electrons. The molecule has 0 amide bonds. The predicted molar refractivity (Wildman–Crippen MR) is 48.0 cm³/mol. The summed E-state index contributed by atoms with van der Waals surface area (Å²) in [6.45, 7) is 6.45. The Morgan fingerprint density at radius 1 is 1.70 bits per heavy atom. The van der Waals surface area contributed by atoms with Gasteiger partial charge in [0, 0.05) is 23.3 Å². The largest absolute Gasteiger partial charge is 0.372 e. The molecule has 0 saturated carbocycles. The number of rotatable bonds is 1. The van der Waals surface area contributed by atoms with Gasteiger partial charge in [-0.2, -0.15) is 0 Å². The third-order valence-corrected chi connectivity index (χ3v) is 2.29. The van der Waals surface area contributed by atoms with Crippen LogP contribution in [0.1, 0.15) is 13.8 Å². The number of halogens is 1. The molecule has 1 aliphatic heterocycles. The standard InChI is InChI=1S/C8H12BrN/c1-3-10-5-4-8(9)6-7(10)2/h4,6H,3,5H2,1-2H3. The summed E-state index contributed by atoms with van der Waals surface area (Å²) < 4.78 is 1.20. The first kappa shape index (κ1) is 7.86. The van der Waals surface area contributed by atoms with Crippen LogP contribution in [0.2, 0.25) is 0 Å². The van der Waals surface area contributed by atoms with Crippen molar-refractivity contribution in [2.75, 3.05) is 13.1 Å². The average molecular weight is 202 g/mol. The third kappa shape index (κ3) is 1.63. The second-order valence-electron chi connectivity index (χ2n) is 2.41. The molecule has 1 aliphatic rings. The van der Waals surface area contributed by atoms with E-state index in [1.807, 2.05) is 0 Å². The highest BCUT2D eigenvalue weighted by atomic mass is 79.9. The Hall–Kier alpha value is -0.240. The van der Waals surface area contributed by atoms with Crippen molar-refractivity contribution in [2.45, 2.75) is 13.8 Å². The van der Waals surface area contributed by atoms with Crippen LogP contribution < -0.4 is 0 Å². The third-order valence-electron chi connectivity index (χ3n) is 1.73. The lowest BCUT2D eigenvalue weighted by molar-refractivity contribution is 0.398. The Morgan fingerprint density at radius 3 is 2.90 bits per heavy atom. The van der Waals surface area contributed by atoms with E-state index in [0.29, 0.717) is 0 Å². The lowest BCUT2D eigenvalue weighted by Gasteiger charge is -2.24. The number of allylic oxidation sites excluding steroid dienone is 3. The normalized spacial score (nSPS) is 18.5. The second-order valence-corrected chi connectivity index (χ2v) is 3.33. The molecule has 1 nitrogen and oxygen atoms in total. The fourth-order valence-electron chi connectivity index (χ4n) is 1.07. The van der Waals surface area contributed by atoms with Gasteiger partial charge in [0.05, 0.1) is 0 Å². The summed E-state index contributed by atoms with van der Waals surface area (Å²) in [6, 6.07) is 0. The van der Waals surface area contributed by atoms with Gasteiger partial charge < -0.3 is 4.90 Å². The Bertz CT molecular complexity index is 182. The van der Waals surface area contributed by atoms with E-state index >= 15 is 0 Å². The first-order chi connectivity index (χ1) is 4.74. The van der Waals surface area contributed by atoms with Gasteiger partial charge in [-0.3, -0.25) is 0 Å². The molecule has 1 heterocycles. The molecule has 0 aromatic carbocycles. The molecule has 2 heteroatoms. The van der Waals surface area contributed by atoms with Crippen LogP contribution in [0.3, 0.4) is 0 Å². The summed E-state index contributed by atoms with van der Waals surface area (Å²) in [5, 5.41) is 0. The second kappa shape index (κ2) is 3.24. The molecule has 0 unspecified atom stereocenters. The summed E-state index contributed by atoms with van der Waals surface area (Å²) in [7, 11) is 0. The lowest BCUT2D eigenvalue weighted by Crippen LogP contribution is -2.23. The minimum Gasteiger partial charge on any atom is -0.372 e. The van der Waals surface area contributed by atoms with E-state index in [9.17, 15) is 0 Å². The molecule has 0 atom stereocenters. The molecule has 0 fully saturated rings. The highest BCUT2D eigenvalue weighted by Gasteiger charge is 2.05. The summed E-state index contributed by atoms with van der Waals surface area (Å²) >= 11 is 3.44. The van der Waals surface area contributed by atoms with Crippen molar-refractivity contribution in [1.82, 2.24) is 4.90 Å². The number of hydrogen-bond donors (Lipinski definition) is 0. The Labute approximate surface area is 70.5 Å². The molecule has 0 saturated heterocycles. The lowest BCUT2D eigenvalue weighted by atomic mass is 10.2. The van der Waals surface area contributed by atoms with Crippen LogP contribution in [0, 0.1) is 0 Å². The van der Waals surface area contributed by atoms with Crippen molar-refractivity contribution < 1.29 is 0 Å². The van der Waals surface area contributed by atoms with Gasteiger partial charge in [-0.15, -0.1) is 0 Å². The average Bonchev–Trinajstić information content (AvgIpc) is 1.88. The molecule has 0 aromatic rings. The molecular formula is C8H12BrN. The van der Waals surface area contributed by atoms with Crippen molar-refractivity contribution in [3.63, 3.8) is 0 Å². The van der Waals surface area contributed by atoms with Crippen molar-refractivity contribution in [1.29, 1.82) is 0 Å². The van der Waals surface area contributed by atoms with Gasteiger partial charge in [-0.1, -0.05) is 22.0 Å². The fraction of sp³-hybridized carbons (Fsp3) is 0.500. The number of nitrogens with zero attached hydrogens (tertiary/aromatic N) is 1. The van der Waals surface area contributed by atoms with Crippen LogP contribution in [-0.4, -0.2) is 18.0 Å². The van der Waals surface area contributed by atoms with Crippen molar-refractivity contribution in [2.24, 2.45) is 0 Å². The van der Waals surface area contributed by atoms with E-state index in [0.717, 1.165) is 13.1 Å². The highest BCUT2D eigenvalue weighted by Crippen LogP contribution is 2.17. The maximum absolute atomic E-state index is 3.44. The Morgan fingerprint density at radius 2 is 2.40 bits per heavy atom. The van der Waals surface area contributed by atoms with Crippen LogP contribution in [0.5, 0.6) is 0 Å². The van der Waals surface area contributed by atoms with E-state index < -0.39 is 0 Å². The van der Waals surface area contributed by atoms with Crippen LogP contribution in [0.4, 0.5) is 0 Å². The van der Waals surface area contributed by atoms with Gasteiger partial charge in [-0.05, 0) is 19.9 Å².